The molecule has 2 fully saturated rings. The third-order valence-electron chi connectivity index (χ3n) is 4.10. The van der Waals surface area contributed by atoms with Crippen LogP contribution in [0.3, 0.4) is 0 Å². The molecule has 0 bridgehead atoms. The highest BCUT2D eigenvalue weighted by Crippen LogP contribution is 2.30. The van der Waals surface area contributed by atoms with Gasteiger partial charge in [-0.1, -0.05) is 12.8 Å². The van der Waals surface area contributed by atoms with Gasteiger partial charge in [0, 0.05) is 31.9 Å². The summed E-state index contributed by atoms with van der Waals surface area (Å²) in [5.74, 6) is 1.02. The Balaban J connectivity index is 1.46. The van der Waals surface area contributed by atoms with Crippen molar-refractivity contribution in [3.8, 4) is 0 Å². The first-order valence-electron chi connectivity index (χ1n) is 6.58. The van der Waals surface area contributed by atoms with Gasteiger partial charge in [-0.2, -0.15) is 0 Å². The van der Waals surface area contributed by atoms with Gasteiger partial charge in [0.05, 0.1) is 12.4 Å². The molecule has 1 aromatic heterocycles. The zero-order valence-electron chi connectivity index (χ0n) is 10.1. The minimum atomic E-state index is 0.355. The molecule has 0 unspecified atom stereocenters. The molecule has 1 aromatic rings. The number of rotatable bonds is 3. The van der Waals surface area contributed by atoms with Gasteiger partial charge in [0.15, 0.2) is 0 Å². The Morgan fingerprint density at radius 1 is 1.29 bits per heavy atom. The highest BCUT2D eigenvalue weighted by molar-refractivity contribution is 5.77. The minimum absolute atomic E-state index is 0.355. The van der Waals surface area contributed by atoms with Crippen LogP contribution < -0.4 is 0 Å². The SMILES string of the molecule is O=C(CC1CCCC1)N1CC(n2ccnc2)C1. The second-order valence-corrected chi connectivity index (χ2v) is 5.32. The van der Waals surface area contributed by atoms with E-state index in [1.54, 1.807) is 6.20 Å². The second kappa shape index (κ2) is 4.51. The first-order valence-corrected chi connectivity index (χ1v) is 6.58. The summed E-state index contributed by atoms with van der Waals surface area (Å²) in [4.78, 5) is 18.0. The van der Waals surface area contributed by atoms with Gasteiger partial charge in [0.2, 0.25) is 5.91 Å². The van der Waals surface area contributed by atoms with Crippen molar-refractivity contribution in [1.29, 1.82) is 0 Å². The number of hydrogen-bond donors (Lipinski definition) is 0. The first kappa shape index (κ1) is 10.8. The molecular formula is C13H19N3O. The van der Waals surface area contributed by atoms with E-state index in [1.165, 1.54) is 25.7 Å². The smallest absolute Gasteiger partial charge is 0.222 e. The van der Waals surface area contributed by atoms with E-state index in [1.807, 2.05) is 17.4 Å². The van der Waals surface area contributed by atoms with E-state index in [0.29, 0.717) is 17.9 Å². The Hall–Kier alpha value is -1.32. The van der Waals surface area contributed by atoms with E-state index < -0.39 is 0 Å². The molecule has 17 heavy (non-hydrogen) atoms. The van der Waals surface area contributed by atoms with Crippen LogP contribution >= 0.6 is 0 Å². The van der Waals surface area contributed by atoms with Crippen LogP contribution in [0.4, 0.5) is 0 Å². The third-order valence-corrected chi connectivity index (χ3v) is 4.10. The summed E-state index contributed by atoms with van der Waals surface area (Å²) in [6.45, 7) is 1.73. The molecular weight excluding hydrogens is 214 g/mol. The quantitative estimate of drug-likeness (QED) is 0.799. The number of carbonyl (C=O) groups is 1. The number of imidazole rings is 1. The minimum Gasteiger partial charge on any atom is -0.338 e. The molecule has 4 heteroatoms. The van der Waals surface area contributed by atoms with Gasteiger partial charge in [0.1, 0.15) is 0 Å². The summed E-state index contributed by atoms with van der Waals surface area (Å²) in [6, 6.07) is 0.449. The van der Waals surface area contributed by atoms with Crippen molar-refractivity contribution in [2.45, 2.75) is 38.1 Å². The molecule has 3 rings (SSSR count). The van der Waals surface area contributed by atoms with Gasteiger partial charge in [-0.25, -0.2) is 4.98 Å². The Bertz CT molecular complexity index is 375. The van der Waals surface area contributed by atoms with Crippen LogP contribution in [0.1, 0.15) is 38.1 Å². The Labute approximate surface area is 102 Å². The molecule has 0 radical (unpaired) electrons. The van der Waals surface area contributed by atoms with Crippen LogP contribution in [0.25, 0.3) is 0 Å². The summed E-state index contributed by atoms with van der Waals surface area (Å²) >= 11 is 0. The highest BCUT2D eigenvalue weighted by Gasteiger charge is 2.32. The topological polar surface area (TPSA) is 38.1 Å². The number of hydrogen-bond acceptors (Lipinski definition) is 2. The van der Waals surface area contributed by atoms with Crippen molar-refractivity contribution in [2.75, 3.05) is 13.1 Å². The van der Waals surface area contributed by atoms with Crippen LogP contribution in [0.5, 0.6) is 0 Å². The maximum absolute atomic E-state index is 12.0. The van der Waals surface area contributed by atoms with Crippen molar-refractivity contribution in [2.24, 2.45) is 5.92 Å². The Morgan fingerprint density at radius 3 is 2.71 bits per heavy atom. The predicted octanol–water partition coefficient (Wildman–Crippen LogP) is 1.85. The number of nitrogens with zero attached hydrogens (tertiary/aromatic N) is 3. The maximum Gasteiger partial charge on any atom is 0.222 e. The summed E-state index contributed by atoms with van der Waals surface area (Å²) in [5, 5.41) is 0. The fourth-order valence-corrected chi connectivity index (χ4v) is 2.92. The van der Waals surface area contributed by atoms with E-state index in [0.717, 1.165) is 19.5 Å². The molecule has 0 spiro atoms. The zero-order valence-corrected chi connectivity index (χ0v) is 10.1. The standard InChI is InChI=1S/C13H19N3O/c17-13(7-11-3-1-2-4-11)16-8-12(9-16)15-6-5-14-10-15/h5-6,10-12H,1-4,7-9H2. The number of aromatic nitrogens is 2. The lowest BCUT2D eigenvalue weighted by Crippen LogP contribution is -2.50. The van der Waals surface area contributed by atoms with E-state index in [-0.39, 0.29) is 0 Å². The van der Waals surface area contributed by atoms with Crippen molar-refractivity contribution < 1.29 is 4.79 Å². The third kappa shape index (κ3) is 2.21. The van der Waals surface area contributed by atoms with Gasteiger partial charge in [-0.15, -0.1) is 0 Å². The first-order chi connectivity index (χ1) is 8.33. The summed E-state index contributed by atoms with van der Waals surface area (Å²) in [7, 11) is 0. The fraction of sp³-hybridized carbons (Fsp3) is 0.692. The fourth-order valence-electron chi connectivity index (χ4n) is 2.92. The van der Waals surface area contributed by atoms with E-state index >= 15 is 0 Å². The van der Waals surface area contributed by atoms with Gasteiger partial charge in [-0.3, -0.25) is 4.79 Å². The molecule has 0 atom stereocenters. The van der Waals surface area contributed by atoms with Crippen LogP contribution in [0.2, 0.25) is 0 Å². The molecule has 1 amide bonds. The molecule has 1 saturated carbocycles. The lowest BCUT2D eigenvalue weighted by molar-refractivity contribution is -0.137. The summed E-state index contributed by atoms with van der Waals surface area (Å²) in [5.41, 5.74) is 0. The van der Waals surface area contributed by atoms with Gasteiger partial charge < -0.3 is 9.47 Å². The van der Waals surface area contributed by atoms with Crippen molar-refractivity contribution in [3.63, 3.8) is 0 Å². The van der Waals surface area contributed by atoms with Gasteiger partial charge >= 0.3 is 0 Å². The van der Waals surface area contributed by atoms with E-state index in [9.17, 15) is 4.79 Å². The molecule has 0 aromatic carbocycles. The van der Waals surface area contributed by atoms with Crippen molar-refractivity contribution in [1.82, 2.24) is 14.5 Å². The van der Waals surface area contributed by atoms with Crippen molar-refractivity contribution in [3.05, 3.63) is 18.7 Å². The van der Waals surface area contributed by atoms with Crippen LogP contribution in [0.15, 0.2) is 18.7 Å². The molecule has 0 N–H and O–H groups in total. The number of amides is 1. The van der Waals surface area contributed by atoms with Crippen LogP contribution in [0, 0.1) is 5.92 Å². The Morgan fingerprint density at radius 2 is 2.06 bits per heavy atom. The van der Waals surface area contributed by atoms with E-state index in [4.69, 9.17) is 0 Å². The zero-order chi connectivity index (χ0) is 11.7. The molecule has 1 saturated heterocycles. The monoisotopic (exact) mass is 233 g/mol. The van der Waals surface area contributed by atoms with Crippen LogP contribution in [-0.2, 0) is 4.79 Å². The average molecular weight is 233 g/mol. The van der Waals surface area contributed by atoms with E-state index in [2.05, 4.69) is 9.55 Å². The molecule has 4 nitrogen and oxygen atoms in total. The summed E-state index contributed by atoms with van der Waals surface area (Å²) in [6.07, 6.45) is 11.5. The lowest BCUT2D eigenvalue weighted by Gasteiger charge is -2.40. The van der Waals surface area contributed by atoms with Gasteiger partial charge in [0.25, 0.3) is 0 Å². The molecule has 1 aliphatic carbocycles. The molecule has 2 aliphatic rings. The molecule has 2 heterocycles. The second-order valence-electron chi connectivity index (χ2n) is 5.32. The normalized spacial score (nSPS) is 21.8. The average Bonchev–Trinajstić information content (AvgIpc) is 2.87. The number of likely N-dealkylation sites (tertiary alicyclic amines) is 1. The van der Waals surface area contributed by atoms with Gasteiger partial charge in [-0.05, 0) is 18.8 Å². The highest BCUT2D eigenvalue weighted by atomic mass is 16.2. The predicted molar refractivity (Wildman–Crippen MR) is 64.4 cm³/mol. The van der Waals surface area contributed by atoms with Crippen LogP contribution in [-0.4, -0.2) is 33.4 Å². The lowest BCUT2D eigenvalue weighted by atomic mass is 10.0. The number of carbonyl (C=O) groups excluding carboxylic acids is 1. The summed E-state index contributed by atoms with van der Waals surface area (Å²) < 4.78 is 2.10. The largest absolute Gasteiger partial charge is 0.338 e. The van der Waals surface area contributed by atoms with Crippen molar-refractivity contribution >= 4 is 5.91 Å². The molecule has 92 valence electrons. The Kier molecular flexibility index (Phi) is 2.87. The maximum atomic E-state index is 12.0. The molecule has 1 aliphatic heterocycles.